The molecule has 0 saturated carbocycles. The van der Waals surface area contributed by atoms with Gasteiger partial charge in [-0.05, 0) is 27.9 Å². The van der Waals surface area contributed by atoms with Crippen molar-refractivity contribution in [1.29, 1.82) is 0 Å². The van der Waals surface area contributed by atoms with E-state index in [9.17, 15) is 4.79 Å². The highest BCUT2D eigenvalue weighted by Gasteiger charge is 2.26. The molecule has 5 heteroatoms. The van der Waals surface area contributed by atoms with E-state index in [0.29, 0.717) is 10.4 Å². The van der Waals surface area contributed by atoms with Crippen LogP contribution in [-0.4, -0.2) is 22.9 Å². The van der Waals surface area contributed by atoms with E-state index in [-0.39, 0.29) is 5.56 Å². The number of rotatable bonds is 2. The first-order chi connectivity index (χ1) is 9.66. The molecule has 0 N–H and O–H groups in total. The maximum absolute atomic E-state index is 11.9. The highest BCUT2D eigenvalue weighted by molar-refractivity contribution is 9.10. The molecular formula is C15H16BrN3O. The van der Waals surface area contributed by atoms with Crippen molar-refractivity contribution in [1.82, 2.24) is 9.78 Å². The average molecular weight is 334 g/mol. The Bertz CT molecular complexity index is 669. The molecule has 20 heavy (non-hydrogen) atoms. The van der Waals surface area contributed by atoms with Gasteiger partial charge >= 0.3 is 0 Å². The fourth-order valence-corrected chi connectivity index (χ4v) is 3.31. The van der Waals surface area contributed by atoms with Crippen LogP contribution in [-0.2, 0) is 7.05 Å². The van der Waals surface area contributed by atoms with Crippen molar-refractivity contribution in [2.24, 2.45) is 7.05 Å². The van der Waals surface area contributed by atoms with E-state index < -0.39 is 0 Å². The Morgan fingerprint density at radius 1 is 1.30 bits per heavy atom. The normalized spacial score (nSPS) is 18.5. The predicted molar refractivity (Wildman–Crippen MR) is 83.2 cm³/mol. The van der Waals surface area contributed by atoms with Gasteiger partial charge in [-0.15, -0.1) is 0 Å². The minimum absolute atomic E-state index is 0.0920. The lowest BCUT2D eigenvalue weighted by atomic mass is 9.99. The summed E-state index contributed by atoms with van der Waals surface area (Å²) in [5.41, 5.74) is 2.17. The summed E-state index contributed by atoms with van der Waals surface area (Å²) in [7, 11) is 1.66. The van der Waals surface area contributed by atoms with Crippen LogP contribution >= 0.6 is 15.9 Å². The largest absolute Gasteiger partial charge is 0.369 e. The maximum atomic E-state index is 11.9. The number of halogens is 1. The Balaban J connectivity index is 1.85. The molecule has 0 radical (unpaired) electrons. The fourth-order valence-electron chi connectivity index (χ4n) is 2.70. The Morgan fingerprint density at radius 3 is 2.80 bits per heavy atom. The van der Waals surface area contributed by atoms with Crippen LogP contribution < -0.4 is 10.5 Å². The second-order valence-corrected chi connectivity index (χ2v) is 5.91. The first-order valence-electron chi connectivity index (χ1n) is 6.68. The summed E-state index contributed by atoms with van der Waals surface area (Å²) < 4.78 is 1.95. The van der Waals surface area contributed by atoms with Crippen molar-refractivity contribution < 1.29 is 0 Å². The molecular weight excluding hydrogens is 318 g/mol. The number of aromatic nitrogens is 2. The lowest BCUT2D eigenvalue weighted by molar-refractivity contribution is 0.698. The quantitative estimate of drug-likeness (QED) is 0.847. The van der Waals surface area contributed by atoms with E-state index in [4.69, 9.17) is 0 Å². The molecule has 104 valence electrons. The topological polar surface area (TPSA) is 38.1 Å². The third-order valence-electron chi connectivity index (χ3n) is 3.86. The summed E-state index contributed by atoms with van der Waals surface area (Å²) in [5.74, 6) is 0.521. The smallest absolute Gasteiger partial charge is 0.282 e. The summed E-state index contributed by atoms with van der Waals surface area (Å²) >= 11 is 3.40. The Morgan fingerprint density at radius 2 is 2.05 bits per heavy atom. The van der Waals surface area contributed by atoms with E-state index in [1.54, 1.807) is 13.2 Å². The zero-order chi connectivity index (χ0) is 14.1. The van der Waals surface area contributed by atoms with Gasteiger partial charge in [0.15, 0.2) is 0 Å². The zero-order valence-corrected chi connectivity index (χ0v) is 12.9. The van der Waals surface area contributed by atoms with Gasteiger partial charge < -0.3 is 4.90 Å². The lowest BCUT2D eigenvalue weighted by Gasteiger charge is -2.19. The molecule has 1 aromatic carbocycles. The molecule has 0 aliphatic carbocycles. The monoisotopic (exact) mass is 333 g/mol. The van der Waals surface area contributed by atoms with Gasteiger partial charge in [-0.25, -0.2) is 4.68 Å². The highest BCUT2D eigenvalue weighted by Crippen LogP contribution is 2.32. The van der Waals surface area contributed by atoms with Crippen molar-refractivity contribution in [3.63, 3.8) is 0 Å². The Labute approximate surface area is 126 Å². The number of hydrogen-bond acceptors (Lipinski definition) is 3. The van der Waals surface area contributed by atoms with Gasteiger partial charge in [0.05, 0.1) is 11.9 Å². The number of nitrogens with zero attached hydrogens (tertiary/aromatic N) is 3. The molecule has 0 spiro atoms. The fraction of sp³-hybridized carbons (Fsp3) is 0.333. The molecule has 1 aliphatic heterocycles. The van der Waals surface area contributed by atoms with Crippen molar-refractivity contribution >= 4 is 21.6 Å². The van der Waals surface area contributed by atoms with Gasteiger partial charge in [-0.2, -0.15) is 5.10 Å². The van der Waals surface area contributed by atoms with Crippen LogP contribution in [0.25, 0.3) is 0 Å². The van der Waals surface area contributed by atoms with Crippen LogP contribution in [0.4, 0.5) is 5.69 Å². The lowest BCUT2D eigenvalue weighted by Crippen LogP contribution is -2.26. The van der Waals surface area contributed by atoms with E-state index in [1.807, 2.05) is 6.07 Å². The summed E-state index contributed by atoms with van der Waals surface area (Å²) in [6.07, 6.45) is 2.87. The second-order valence-electron chi connectivity index (χ2n) is 5.11. The van der Waals surface area contributed by atoms with Crippen LogP contribution in [0.1, 0.15) is 17.9 Å². The van der Waals surface area contributed by atoms with Crippen molar-refractivity contribution in [3.8, 4) is 0 Å². The van der Waals surface area contributed by atoms with Crippen molar-refractivity contribution in [2.45, 2.75) is 12.3 Å². The van der Waals surface area contributed by atoms with Crippen LogP contribution in [0, 0.1) is 0 Å². The number of hydrogen-bond donors (Lipinski definition) is 0. The van der Waals surface area contributed by atoms with Crippen LogP contribution in [0.5, 0.6) is 0 Å². The van der Waals surface area contributed by atoms with E-state index in [2.05, 4.69) is 50.2 Å². The zero-order valence-electron chi connectivity index (χ0n) is 11.3. The minimum atomic E-state index is -0.0920. The highest BCUT2D eigenvalue weighted by atomic mass is 79.9. The van der Waals surface area contributed by atoms with Gasteiger partial charge in [-0.1, -0.05) is 30.3 Å². The van der Waals surface area contributed by atoms with Crippen molar-refractivity contribution in [2.75, 3.05) is 18.0 Å². The Hall–Kier alpha value is -1.62. The summed E-state index contributed by atoms with van der Waals surface area (Å²) in [5, 5.41) is 4.11. The Kier molecular flexibility index (Phi) is 3.61. The van der Waals surface area contributed by atoms with Gasteiger partial charge in [0, 0.05) is 26.1 Å². The molecule has 0 amide bonds. The second kappa shape index (κ2) is 5.40. The molecule has 2 heterocycles. The van der Waals surface area contributed by atoms with E-state index >= 15 is 0 Å². The molecule has 3 rings (SSSR count). The molecule has 1 fully saturated rings. The third-order valence-corrected chi connectivity index (χ3v) is 4.61. The SMILES string of the molecule is Cn1ncc(N2CCC(c3ccccc3)C2)c(Br)c1=O. The van der Waals surface area contributed by atoms with Gasteiger partial charge in [-0.3, -0.25) is 4.79 Å². The van der Waals surface area contributed by atoms with Crippen LogP contribution in [0.2, 0.25) is 0 Å². The summed E-state index contributed by atoms with van der Waals surface area (Å²) in [4.78, 5) is 14.2. The van der Waals surface area contributed by atoms with E-state index in [0.717, 1.165) is 25.2 Å². The molecule has 2 aromatic rings. The van der Waals surface area contributed by atoms with Crippen LogP contribution in [0.3, 0.4) is 0 Å². The van der Waals surface area contributed by atoms with E-state index in [1.165, 1.54) is 10.2 Å². The molecule has 1 aliphatic rings. The maximum Gasteiger partial charge on any atom is 0.282 e. The predicted octanol–water partition coefficient (Wildman–Crippen LogP) is 2.54. The molecule has 1 unspecified atom stereocenters. The summed E-state index contributed by atoms with van der Waals surface area (Å²) in [6, 6.07) is 10.5. The first kappa shape index (κ1) is 13.4. The minimum Gasteiger partial charge on any atom is -0.369 e. The number of anilines is 1. The number of aryl methyl sites for hydroxylation is 1. The average Bonchev–Trinajstić information content (AvgIpc) is 2.95. The molecule has 0 bridgehead atoms. The van der Waals surface area contributed by atoms with Gasteiger partial charge in [0.1, 0.15) is 4.47 Å². The molecule has 1 aromatic heterocycles. The molecule has 1 saturated heterocycles. The third kappa shape index (κ3) is 2.38. The first-order valence-corrected chi connectivity index (χ1v) is 7.48. The summed E-state index contributed by atoms with van der Waals surface area (Å²) in [6.45, 7) is 1.88. The standard InChI is InChI=1S/C15H16BrN3O/c1-18-15(20)14(16)13(9-17-18)19-8-7-12(10-19)11-5-3-2-4-6-11/h2-6,9,12H,7-8,10H2,1H3. The van der Waals surface area contributed by atoms with Crippen LogP contribution in [0.15, 0.2) is 45.8 Å². The number of benzene rings is 1. The van der Waals surface area contributed by atoms with Gasteiger partial charge in [0.25, 0.3) is 5.56 Å². The van der Waals surface area contributed by atoms with Crippen molar-refractivity contribution in [3.05, 3.63) is 56.9 Å². The molecule has 1 atom stereocenters. The molecule has 4 nitrogen and oxygen atoms in total. The van der Waals surface area contributed by atoms with Gasteiger partial charge in [0.2, 0.25) is 0 Å².